The minimum atomic E-state index is -0.188. The molecular formula is C15H25N3O3. The van der Waals surface area contributed by atoms with Crippen molar-refractivity contribution in [1.82, 2.24) is 14.9 Å². The fourth-order valence-corrected chi connectivity index (χ4v) is 2.07. The number of aromatic nitrogens is 2. The zero-order valence-electron chi connectivity index (χ0n) is 13.5. The van der Waals surface area contributed by atoms with Crippen LogP contribution in [0.5, 0.6) is 6.01 Å². The molecule has 0 radical (unpaired) electrons. The minimum absolute atomic E-state index is 0.188. The first-order valence-corrected chi connectivity index (χ1v) is 7.12. The lowest BCUT2D eigenvalue weighted by Gasteiger charge is -2.24. The molecule has 0 aliphatic carbocycles. The highest BCUT2D eigenvalue weighted by molar-refractivity contribution is 5.69. The zero-order chi connectivity index (χ0) is 15.8. The van der Waals surface area contributed by atoms with Crippen LogP contribution < -0.4 is 4.74 Å². The summed E-state index contributed by atoms with van der Waals surface area (Å²) in [5.41, 5.74) is 1.94. The smallest absolute Gasteiger partial charge is 0.316 e. The average Bonchev–Trinajstić information content (AvgIpc) is 2.45. The van der Waals surface area contributed by atoms with Gasteiger partial charge >= 0.3 is 12.0 Å². The molecule has 0 aromatic carbocycles. The predicted octanol–water partition coefficient (Wildman–Crippen LogP) is 1.81. The van der Waals surface area contributed by atoms with Crippen LogP contribution in [0.3, 0.4) is 0 Å². The van der Waals surface area contributed by atoms with Crippen LogP contribution in [0.25, 0.3) is 0 Å². The van der Waals surface area contributed by atoms with Crippen LogP contribution in [0.1, 0.15) is 31.5 Å². The highest BCUT2D eigenvalue weighted by Gasteiger charge is 2.13. The SMILES string of the molecule is COC(=O)CCN(Cc1cnc(OC)nc1C)CC(C)C. The molecule has 1 aromatic rings. The molecule has 0 N–H and O–H groups in total. The predicted molar refractivity (Wildman–Crippen MR) is 80.1 cm³/mol. The van der Waals surface area contributed by atoms with E-state index < -0.39 is 0 Å². The molecule has 1 aromatic heterocycles. The largest absolute Gasteiger partial charge is 0.469 e. The maximum atomic E-state index is 11.3. The number of nitrogens with zero attached hydrogens (tertiary/aromatic N) is 3. The van der Waals surface area contributed by atoms with Gasteiger partial charge in [0.05, 0.1) is 20.6 Å². The van der Waals surface area contributed by atoms with Crippen molar-refractivity contribution in [3.05, 3.63) is 17.5 Å². The van der Waals surface area contributed by atoms with Crippen molar-refractivity contribution in [1.29, 1.82) is 0 Å². The Morgan fingerprint density at radius 3 is 2.62 bits per heavy atom. The number of ether oxygens (including phenoxy) is 2. The molecule has 0 unspecified atom stereocenters. The van der Waals surface area contributed by atoms with Crippen molar-refractivity contribution < 1.29 is 14.3 Å². The Morgan fingerprint density at radius 2 is 2.10 bits per heavy atom. The van der Waals surface area contributed by atoms with E-state index >= 15 is 0 Å². The van der Waals surface area contributed by atoms with E-state index in [1.54, 1.807) is 13.3 Å². The number of carbonyl (C=O) groups is 1. The highest BCUT2D eigenvalue weighted by Crippen LogP contribution is 2.13. The molecule has 118 valence electrons. The van der Waals surface area contributed by atoms with E-state index in [4.69, 9.17) is 9.47 Å². The van der Waals surface area contributed by atoms with Crippen LogP contribution in [0.2, 0.25) is 0 Å². The van der Waals surface area contributed by atoms with E-state index in [1.165, 1.54) is 7.11 Å². The number of hydrogen-bond donors (Lipinski definition) is 0. The monoisotopic (exact) mass is 295 g/mol. The van der Waals surface area contributed by atoms with Gasteiger partial charge in [0.15, 0.2) is 0 Å². The van der Waals surface area contributed by atoms with Gasteiger partial charge in [-0.2, -0.15) is 0 Å². The van der Waals surface area contributed by atoms with E-state index in [9.17, 15) is 4.79 Å². The topological polar surface area (TPSA) is 64.5 Å². The zero-order valence-corrected chi connectivity index (χ0v) is 13.5. The second kappa shape index (κ2) is 8.56. The third-order valence-electron chi connectivity index (χ3n) is 3.12. The molecule has 6 nitrogen and oxygen atoms in total. The van der Waals surface area contributed by atoms with Crippen molar-refractivity contribution in [3.63, 3.8) is 0 Å². The van der Waals surface area contributed by atoms with Gasteiger partial charge in [-0.1, -0.05) is 13.8 Å². The summed E-state index contributed by atoms with van der Waals surface area (Å²) in [7, 11) is 2.96. The first kappa shape index (κ1) is 17.4. The fourth-order valence-electron chi connectivity index (χ4n) is 2.07. The van der Waals surface area contributed by atoms with Gasteiger partial charge in [-0.25, -0.2) is 9.97 Å². The first-order chi connectivity index (χ1) is 9.96. The van der Waals surface area contributed by atoms with Crippen LogP contribution in [0.15, 0.2) is 6.20 Å². The summed E-state index contributed by atoms with van der Waals surface area (Å²) >= 11 is 0. The number of rotatable bonds is 8. The van der Waals surface area contributed by atoms with Crippen molar-refractivity contribution in [2.24, 2.45) is 5.92 Å². The Bertz CT molecular complexity index is 463. The van der Waals surface area contributed by atoms with Crippen LogP contribution in [0, 0.1) is 12.8 Å². The number of aryl methyl sites for hydroxylation is 1. The molecule has 1 rings (SSSR count). The van der Waals surface area contributed by atoms with E-state index in [0.717, 1.165) is 17.8 Å². The number of carbonyl (C=O) groups excluding carboxylic acids is 1. The Balaban J connectivity index is 2.73. The summed E-state index contributed by atoms with van der Waals surface area (Å²) in [6.45, 7) is 8.53. The van der Waals surface area contributed by atoms with Gasteiger partial charge in [-0.15, -0.1) is 0 Å². The summed E-state index contributed by atoms with van der Waals surface area (Å²) in [5, 5.41) is 0. The standard InChI is InChI=1S/C15H25N3O3/c1-11(2)9-18(7-6-14(19)20-4)10-13-8-16-15(21-5)17-12(13)3/h8,11H,6-7,9-10H2,1-5H3. The van der Waals surface area contributed by atoms with Crippen LogP contribution in [-0.2, 0) is 16.1 Å². The summed E-state index contributed by atoms with van der Waals surface area (Å²) in [6.07, 6.45) is 2.17. The average molecular weight is 295 g/mol. The molecule has 21 heavy (non-hydrogen) atoms. The van der Waals surface area contributed by atoms with Gasteiger partial charge in [0, 0.05) is 37.1 Å². The van der Waals surface area contributed by atoms with Gasteiger partial charge in [-0.05, 0) is 12.8 Å². The summed E-state index contributed by atoms with van der Waals surface area (Å²) < 4.78 is 9.72. The first-order valence-electron chi connectivity index (χ1n) is 7.12. The molecule has 0 fully saturated rings. The molecule has 6 heteroatoms. The third-order valence-corrected chi connectivity index (χ3v) is 3.12. The third kappa shape index (κ3) is 6.08. The second-order valence-electron chi connectivity index (χ2n) is 5.42. The van der Waals surface area contributed by atoms with Crippen LogP contribution >= 0.6 is 0 Å². The molecule has 0 saturated carbocycles. The van der Waals surface area contributed by atoms with Gasteiger partial charge in [0.25, 0.3) is 0 Å². The lowest BCUT2D eigenvalue weighted by Crippen LogP contribution is -2.30. The van der Waals surface area contributed by atoms with Gasteiger partial charge in [0.1, 0.15) is 0 Å². The van der Waals surface area contributed by atoms with Gasteiger partial charge in [0.2, 0.25) is 0 Å². The van der Waals surface area contributed by atoms with Crippen molar-refractivity contribution in [2.45, 2.75) is 33.7 Å². The van der Waals surface area contributed by atoms with Crippen LogP contribution in [-0.4, -0.2) is 48.1 Å². The summed E-state index contributed by atoms with van der Waals surface area (Å²) in [4.78, 5) is 22.0. The molecule has 0 aliphatic rings. The molecule has 0 saturated heterocycles. The molecule has 0 spiro atoms. The normalized spacial score (nSPS) is 11.0. The quantitative estimate of drug-likeness (QED) is 0.682. The van der Waals surface area contributed by atoms with Crippen molar-refractivity contribution in [2.75, 3.05) is 27.3 Å². The van der Waals surface area contributed by atoms with Gasteiger partial charge in [-0.3, -0.25) is 9.69 Å². The summed E-state index contributed by atoms with van der Waals surface area (Å²) in [5.74, 6) is 0.327. The number of esters is 1. The number of hydrogen-bond acceptors (Lipinski definition) is 6. The van der Waals surface area contributed by atoms with Crippen LogP contribution in [0.4, 0.5) is 0 Å². The summed E-state index contributed by atoms with van der Waals surface area (Å²) in [6, 6.07) is 0.376. The van der Waals surface area contributed by atoms with Crippen molar-refractivity contribution >= 4 is 5.97 Å². The van der Waals surface area contributed by atoms with E-state index in [-0.39, 0.29) is 5.97 Å². The molecule has 0 amide bonds. The van der Waals surface area contributed by atoms with Crippen molar-refractivity contribution in [3.8, 4) is 6.01 Å². The van der Waals surface area contributed by atoms with E-state index in [1.807, 2.05) is 6.92 Å². The highest BCUT2D eigenvalue weighted by atomic mass is 16.5. The maximum Gasteiger partial charge on any atom is 0.316 e. The molecule has 0 aliphatic heterocycles. The number of methoxy groups -OCH3 is 2. The van der Waals surface area contributed by atoms with Gasteiger partial charge < -0.3 is 9.47 Å². The molecule has 0 atom stereocenters. The van der Waals surface area contributed by atoms with E-state index in [2.05, 4.69) is 28.7 Å². The Kier molecular flexibility index (Phi) is 7.08. The Labute approximate surface area is 126 Å². The molecular weight excluding hydrogens is 270 g/mol. The second-order valence-corrected chi connectivity index (χ2v) is 5.42. The fraction of sp³-hybridized carbons (Fsp3) is 0.667. The Hall–Kier alpha value is -1.69. The lowest BCUT2D eigenvalue weighted by atomic mass is 10.1. The molecule has 0 bridgehead atoms. The maximum absolute atomic E-state index is 11.3. The molecule has 1 heterocycles. The minimum Gasteiger partial charge on any atom is -0.469 e. The lowest BCUT2D eigenvalue weighted by molar-refractivity contribution is -0.141. The van der Waals surface area contributed by atoms with E-state index in [0.29, 0.717) is 31.4 Å². The Morgan fingerprint density at radius 1 is 1.38 bits per heavy atom.